The summed E-state index contributed by atoms with van der Waals surface area (Å²) in [5.41, 5.74) is 0.839. The van der Waals surface area contributed by atoms with E-state index < -0.39 is 10.8 Å². The lowest BCUT2D eigenvalue weighted by atomic mass is 10.4. The van der Waals surface area contributed by atoms with Crippen LogP contribution >= 0.6 is 0 Å². The minimum atomic E-state index is -0.762. The van der Waals surface area contributed by atoms with Gasteiger partial charge in [-0.2, -0.15) is 4.98 Å². The second kappa shape index (κ2) is 6.42. The molecule has 0 aliphatic heterocycles. The van der Waals surface area contributed by atoms with Gasteiger partial charge in [-0.05, 0) is 6.92 Å². The third kappa shape index (κ3) is 4.14. The summed E-state index contributed by atoms with van der Waals surface area (Å²) in [5, 5.41) is 3.03. The van der Waals surface area contributed by atoms with Gasteiger partial charge in [0.15, 0.2) is 0 Å². The second-order valence-corrected chi connectivity index (χ2v) is 5.10. The number of hydrogen-bond donors (Lipinski definition) is 1. The highest BCUT2D eigenvalue weighted by molar-refractivity contribution is 7.84. The third-order valence-electron chi connectivity index (χ3n) is 1.97. The van der Waals surface area contributed by atoms with E-state index >= 15 is 0 Å². The number of hydrogen-bond acceptors (Lipinski definition) is 5. The number of ether oxygens (including phenoxy) is 1. The molecule has 0 amide bonds. The summed E-state index contributed by atoms with van der Waals surface area (Å²) in [7, 11) is 0.805. The summed E-state index contributed by atoms with van der Waals surface area (Å²) >= 11 is 0. The Hall–Kier alpha value is -1.17. The van der Waals surface area contributed by atoms with Gasteiger partial charge >= 0.3 is 0 Å². The fourth-order valence-electron chi connectivity index (χ4n) is 1.14. The van der Waals surface area contributed by atoms with Crippen molar-refractivity contribution in [1.82, 2.24) is 9.97 Å². The van der Waals surface area contributed by atoms with Crippen LogP contribution in [0.3, 0.4) is 0 Å². The molecular formula is C10H17N3O2S. The highest BCUT2D eigenvalue weighted by atomic mass is 32.2. The number of aromatic nitrogens is 2. The molecule has 0 spiro atoms. The van der Waals surface area contributed by atoms with Gasteiger partial charge in [-0.3, -0.25) is 4.21 Å². The zero-order valence-corrected chi connectivity index (χ0v) is 10.6. The molecule has 0 fully saturated rings. The number of anilines is 1. The lowest BCUT2D eigenvalue weighted by Gasteiger charge is -2.06. The summed E-state index contributed by atoms with van der Waals surface area (Å²) in [6, 6.07) is 1.76. The molecule has 0 aliphatic carbocycles. The fraction of sp³-hybridized carbons (Fsp3) is 0.600. The van der Waals surface area contributed by atoms with Gasteiger partial charge in [-0.25, -0.2) is 4.98 Å². The lowest BCUT2D eigenvalue weighted by Crippen LogP contribution is -2.14. The number of methoxy groups -OCH3 is 1. The first-order valence-electron chi connectivity index (χ1n) is 5.14. The Morgan fingerprint density at radius 1 is 1.50 bits per heavy atom. The second-order valence-electron chi connectivity index (χ2n) is 3.23. The highest BCUT2D eigenvalue weighted by Crippen LogP contribution is 2.10. The van der Waals surface area contributed by atoms with Crippen LogP contribution in [0.25, 0.3) is 0 Å². The molecule has 0 saturated carbocycles. The van der Waals surface area contributed by atoms with Gasteiger partial charge in [0.1, 0.15) is 0 Å². The summed E-state index contributed by atoms with van der Waals surface area (Å²) in [6.45, 7) is 4.38. The Morgan fingerprint density at radius 2 is 2.25 bits per heavy atom. The van der Waals surface area contributed by atoms with E-state index in [0.717, 1.165) is 5.69 Å². The Morgan fingerprint density at radius 3 is 2.88 bits per heavy atom. The van der Waals surface area contributed by atoms with E-state index in [1.165, 1.54) is 0 Å². The molecule has 0 saturated heterocycles. The van der Waals surface area contributed by atoms with Crippen molar-refractivity contribution >= 4 is 16.7 Å². The van der Waals surface area contributed by atoms with E-state index in [0.29, 0.717) is 29.9 Å². The number of nitrogens with one attached hydrogen (secondary N) is 1. The summed E-state index contributed by atoms with van der Waals surface area (Å²) in [6.07, 6.45) is 0. The van der Waals surface area contributed by atoms with Crippen molar-refractivity contribution in [3.8, 4) is 5.88 Å². The average Bonchev–Trinajstić information content (AvgIpc) is 2.28. The van der Waals surface area contributed by atoms with Crippen molar-refractivity contribution in [1.29, 1.82) is 0 Å². The predicted molar refractivity (Wildman–Crippen MR) is 65.4 cm³/mol. The van der Waals surface area contributed by atoms with Crippen molar-refractivity contribution in [3.05, 3.63) is 11.8 Å². The van der Waals surface area contributed by atoms with Crippen LogP contribution in [0, 0.1) is 6.92 Å². The van der Waals surface area contributed by atoms with Crippen LogP contribution in [0.4, 0.5) is 5.95 Å². The Kier molecular flexibility index (Phi) is 5.18. The Bertz CT molecular complexity index is 371. The first-order valence-corrected chi connectivity index (χ1v) is 6.63. The molecule has 6 heteroatoms. The Balaban J connectivity index is 2.53. The van der Waals surface area contributed by atoms with Gasteiger partial charge < -0.3 is 10.1 Å². The van der Waals surface area contributed by atoms with E-state index in [2.05, 4.69) is 15.3 Å². The standard InChI is InChI=1S/C10H17N3O2S/c1-4-16(14)6-5-11-10-12-8(2)7-9(13-10)15-3/h7H,4-6H2,1-3H3,(H,11,12,13). The number of nitrogens with zero attached hydrogens (tertiary/aromatic N) is 2. The largest absolute Gasteiger partial charge is 0.481 e. The van der Waals surface area contributed by atoms with Crippen LogP contribution in [0.1, 0.15) is 12.6 Å². The van der Waals surface area contributed by atoms with Gasteiger partial charge in [-0.1, -0.05) is 6.92 Å². The fourth-order valence-corrected chi connectivity index (χ4v) is 1.76. The van der Waals surface area contributed by atoms with Crippen molar-refractivity contribution in [2.75, 3.05) is 30.5 Å². The predicted octanol–water partition coefficient (Wildman–Crippen LogP) is 0.974. The van der Waals surface area contributed by atoms with E-state index in [4.69, 9.17) is 4.74 Å². The van der Waals surface area contributed by atoms with E-state index in [1.54, 1.807) is 13.2 Å². The summed E-state index contributed by atoms with van der Waals surface area (Å²) in [5.74, 6) is 2.34. The van der Waals surface area contributed by atoms with Crippen LogP contribution in [0.15, 0.2) is 6.07 Å². The monoisotopic (exact) mass is 243 g/mol. The normalized spacial score (nSPS) is 12.2. The molecule has 16 heavy (non-hydrogen) atoms. The first-order chi connectivity index (χ1) is 7.65. The Labute approximate surface area is 98.1 Å². The molecule has 1 unspecified atom stereocenters. The molecule has 1 aromatic heterocycles. The smallest absolute Gasteiger partial charge is 0.226 e. The maximum Gasteiger partial charge on any atom is 0.226 e. The van der Waals surface area contributed by atoms with Crippen LogP contribution in [-0.2, 0) is 10.8 Å². The quantitative estimate of drug-likeness (QED) is 0.806. The van der Waals surface area contributed by atoms with E-state index in [-0.39, 0.29) is 0 Å². The first kappa shape index (κ1) is 12.9. The zero-order valence-electron chi connectivity index (χ0n) is 9.82. The van der Waals surface area contributed by atoms with Crippen molar-refractivity contribution in [3.63, 3.8) is 0 Å². The molecular weight excluding hydrogens is 226 g/mol. The van der Waals surface area contributed by atoms with Crippen molar-refractivity contribution in [2.45, 2.75) is 13.8 Å². The number of rotatable bonds is 6. The van der Waals surface area contributed by atoms with Crippen LogP contribution in [0.5, 0.6) is 5.88 Å². The van der Waals surface area contributed by atoms with Gasteiger partial charge in [0.05, 0.1) is 7.11 Å². The molecule has 1 atom stereocenters. The van der Waals surface area contributed by atoms with E-state index in [1.807, 2.05) is 13.8 Å². The van der Waals surface area contributed by atoms with Gasteiger partial charge in [0.25, 0.3) is 0 Å². The minimum Gasteiger partial charge on any atom is -0.481 e. The third-order valence-corrected chi connectivity index (χ3v) is 3.28. The highest BCUT2D eigenvalue weighted by Gasteiger charge is 2.02. The zero-order chi connectivity index (χ0) is 12.0. The maximum atomic E-state index is 11.2. The summed E-state index contributed by atoms with van der Waals surface area (Å²) in [4.78, 5) is 8.33. The number of aryl methyl sites for hydroxylation is 1. The van der Waals surface area contributed by atoms with Crippen LogP contribution < -0.4 is 10.1 Å². The van der Waals surface area contributed by atoms with Crippen molar-refractivity contribution < 1.29 is 8.95 Å². The molecule has 1 N–H and O–H groups in total. The SMILES string of the molecule is CCS(=O)CCNc1nc(C)cc(OC)n1. The van der Waals surface area contributed by atoms with E-state index in [9.17, 15) is 4.21 Å². The molecule has 0 bridgehead atoms. The molecule has 90 valence electrons. The maximum absolute atomic E-state index is 11.2. The summed E-state index contributed by atoms with van der Waals surface area (Å²) < 4.78 is 16.2. The minimum absolute atomic E-state index is 0.518. The van der Waals surface area contributed by atoms with Crippen molar-refractivity contribution in [2.24, 2.45) is 0 Å². The molecule has 1 heterocycles. The topological polar surface area (TPSA) is 64.1 Å². The molecule has 1 aromatic rings. The van der Waals surface area contributed by atoms with Gasteiger partial charge in [-0.15, -0.1) is 0 Å². The average molecular weight is 243 g/mol. The van der Waals surface area contributed by atoms with Crippen LogP contribution in [0.2, 0.25) is 0 Å². The molecule has 1 rings (SSSR count). The van der Waals surface area contributed by atoms with Gasteiger partial charge in [0, 0.05) is 40.6 Å². The molecule has 0 radical (unpaired) electrons. The molecule has 0 aromatic carbocycles. The van der Waals surface area contributed by atoms with Crippen LogP contribution in [-0.4, -0.2) is 39.3 Å². The lowest BCUT2D eigenvalue weighted by molar-refractivity contribution is 0.397. The molecule has 0 aliphatic rings. The molecule has 5 nitrogen and oxygen atoms in total. The van der Waals surface area contributed by atoms with Gasteiger partial charge in [0.2, 0.25) is 11.8 Å².